The van der Waals surface area contributed by atoms with E-state index in [1.165, 1.54) is 17.0 Å². The number of carbonyl (C=O) groups is 3. The van der Waals surface area contributed by atoms with E-state index in [0.29, 0.717) is 22.7 Å². The summed E-state index contributed by atoms with van der Waals surface area (Å²) in [7, 11) is 1.54. The summed E-state index contributed by atoms with van der Waals surface area (Å²) in [5.74, 6) is -0.655. The molecule has 1 aliphatic rings. The molecule has 1 heterocycles. The van der Waals surface area contributed by atoms with Gasteiger partial charge in [0.25, 0.3) is 5.91 Å². The highest BCUT2D eigenvalue weighted by Gasteiger charge is 2.44. The van der Waals surface area contributed by atoms with Crippen molar-refractivity contribution in [1.82, 2.24) is 4.90 Å². The minimum absolute atomic E-state index is 0.0224. The number of nitrogens with zero attached hydrogens (tertiary/aromatic N) is 2. The first kappa shape index (κ1) is 22.0. The van der Waals surface area contributed by atoms with Gasteiger partial charge in [0.1, 0.15) is 17.6 Å². The summed E-state index contributed by atoms with van der Waals surface area (Å²) in [5, 5.41) is 2.77. The van der Waals surface area contributed by atoms with Crippen molar-refractivity contribution in [3.63, 3.8) is 0 Å². The van der Waals surface area contributed by atoms with Gasteiger partial charge in [0.2, 0.25) is 5.91 Å². The third-order valence-electron chi connectivity index (χ3n) is 5.38. The molecule has 0 unspecified atom stereocenters. The zero-order valence-electron chi connectivity index (χ0n) is 17.9. The van der Waals surface area contributed by atoms with Gasteiger partial charge in [0, 0.05) is 12.2 Å². The van der Waals surface area contributed by atoms with E-state index in [2.05, 4.69) is 5.32 Å². The number of urea groups is 1. The van der Waals surface area contributed by atoms with Gasteiger partial charge in [0.15, 0.2) is 0 Å². The zero-order valence-corrected chi connectivity index (χ0v) is 17.9. The standard InChI is InChI=1S/C25H22FN3O4/c1-33-21-13-11-19(12-14-21)27-25(32)28(16-17-7-9-18(26)10-8-17)22-15-23(30)29(24(22)31)20-5-3-2-4-6-20/h2-14,22H,15-16H2,1H3,(H,27,32)/t22-/m0/s1. The molecule has 168 valence electrons. The molecule has 33 heavy (non-hydrogen) atoms. The molecular formula is C25H22FN3O4. The Balaban J connectivity index is 1.61. The average molecular weight is 447 g/mol. The Morgan fingerprint density at radius 3 is 2.33 bits per heavy atom. The number of anilines is 2. The lowest BCUT2D eigenvalue weighted by atomic mass is 10.1. The van der Waals surface area contributed by atoms with Gasteiger partial charge < -0.3 is 15.0 Å². The molecule has 4 rings (SSSR count). The van der Waals surface area contributed by atoms with Crippen LogP contribution in [-0.2, 0) is 16.1 Å². The number of nitrogens with one attached hydrogen (secondary N) is 1. The molecule has 1 saturated heterocycles. The number of ether oxygens (including phenoxy) is 1. The first-order valence-corrected chi connectivity index (χ1v) is 10.3. The fraction of sp³-hybridized carbons (Fsp3) is 0.160. The molecule has 0 spiro atoms. The number of hydrogen-bond acceptors (Lipinski definition) is 4. The second-order valence-corrected chi connectivity index (χ2v) is 7.54. The van der Waals surface area contributed by atoms with Crippen LogP contribution >= 0.6 is 0 Å². The first-order chi connectivity index (χ1) is 16.0. The number of imide groups is 1. The van der Waals surface area contributed by atoms with Gasteiger partial charge in [-0.05, 0) is 54.1 Å². The van der Waals surface area contributed by atoms with Crippen LogP contribution in [0.5, 0.6) is 5.75 Å². The molecule has 8 heteroatoms. The van der Waals surface area contributed by atoms with Gasteiger partial charge in [-0.25, -0.2) is 14.1 Å². The van der Waals surface area contributed by atoms with Crippen LogP contribution in [0, 0.1) is 5.82 Å². The van der Waals surface area contributed by atoms with E-state index in [-0.39, 0.29) is 13.0 Å². The van der Waals surface area contributed by atoms with Crippen LogP contribution in [0.1, 0.15) is 12.0 Å². The van der Waals surface area contributed by atoms with Gasteiger partial charge in [0.05, 0.1) is 19.2 Å². The van der Waals surface area contributed by atoms with Gasteiger partial charge in [-0.15, -0.1) is 0 Å². The van der Waals surface area contributed by atoms with Crippen molar-refractivity contribution in [2.45, 2.75) is 19.0 Å². The third kappa shape index (κ3) is 4.85. The molecule has 0 saturated carbocycles. The van der Waals surface area contributed by atoms with E-state index in [1.54, 1.807) is 73.8 Å². The van der Waals surface area contributed by atoms with Crippen LogP contribution in [0.3, 0.4) is 0 Å². The second kappa shape index (κ2) is 9.52. The molecule has 0 aliphatic carbocycles. The van der Waals surface area contributed by atoms with Crippen molar-refractivity contribution in [3.05, 3.63) is 90.2 Å². The smallest absolute Gasteiger partial charge is 0.322 e. The fourth-order valence-corrected chi connectivity index (χ4v) is 3.69. The number of rotatable bonds is 6. The maximum atomic E-state index is 13.4. The number of para-hydroxylation sites is 1. The molecule has 1 atom stereocenters. The quantitative estimate of drug-likeness (QED) is 0.575. The number of amides is 4. The summed E-state index contributed by atoms with van der Waals surface area (Å²) in [6, 6.07) is 19.4. The number of benzene rings is 3. The van der Waals surface area contributed by atoms with Crippen molar-refractivity contribution >= 4 is 29.2 Å². The average Bonchev–Trinajstić information content (AvgIpc) is 3.13. The van der Waals surface area contributed by atoms with Crippen molar-refractivity contribution in [2.75, 3.05) is 17.3 Å². The molecule has 3 aromatic rings. The Morgan fingerprint density at radius 2 is 1.70 bits per heavy atom. The maximum Gasteiger partial charge on any atom is 0.322 e. The van der Waals surface area contributed by atoms with Gasteiger partial charge in [-0.1, -0.05) is 30.3 Å². The molecule has 0 bridgehead atoms. The lowest BCUT2D eigenvalue weighted by Crippen LogP contribution is -2.46. The van der Waals surface area contributed by atoms with Crippen molar-refractivity contribution in [1.29, 1.82) is 0 Å². The molecule has 0 aromatic heterocycles. The van der Waals surface area contributed by atoms with Crippen LogP contribution in [0.4, 0.5) is 20.6 Å². The van der Waals surface area contributed by atoms with E-state index >= 15 is 0 Å². The van der Waals surface area contributed by atoms with E-state index in [1.807, 2.05) is 0 Å². The van der Waals surface area contributed by atoms with Gasteiger partial charge >= 0.3 is 6.03 Å². The van der Waals surface area contributed by atoms with Crippen LogP contribution in [-0.4, -0.2) is 35.9 Å². The van der Waals surface area contributed by atoms with E-state index in [4.69, 9.17) is 4.74 Å². The summed E-state index contributed by atoms with van der Waals surface area (Å²) in [6.07, 6.45) is -0.148. The Kier molecular flexibility index (Phi) is 6.35. The summed E-state index contributed by atoms with van der Waals surface area (Å²) in [4.78, 5) is 41.6. The maximum absolute atomic E-state index is 13.4. The molecule has 1 fully saturated rings. The Hall–Kier alpha value is -4.20. The molecule has 1 aliphatic heterocycles. The van der Waals surface area contributed by atoms with Crippen LogP contribution in [0.15, 0.2) is 78.9 Å². The predicted octanol–water partition coefficient (Wildman–Crippen LogP) is 4.20. The monoisotopic (exact) mass is 447 g/mol. The number of hydrogen-bond donors (Lipinski definition) is 1. The normalized spacial score (nSPS) is 15.5. The summed E-state index contributed by atoms with van der Waals surface area (Å²) in [6.45, 7) is 0.0224. The van der Waals surface area contributed by atoms with Crippen LogP contribution in [0.25, 0.3) is 0 Å². The predicted molar refractivity (Wildman–Crippen MR) is 121 cm³/mol. The van der Waals surface area contributed by atoms with Gasteiger partial charge in [-0.2, -0.15) is 0 Å². The lowest BCUT2D eigenvalue weighted by Gasteiger charge is -2.28. The van der Waals surface area contributed by atoms with E-state index in [0.717, 1.165) is 4.90 Å². The minimum atomic E-state index is -0.999. The Morgan fingerprint density at radius 1 is 1.03 bits per heavy atom. The summed E-state index contributed by atoms with van der Waals surface area (Å²) >= 11 is 0. The molecule has 4 amide bonds. The lowest BCUT2D eigenvalue weighted by molar-refractivity contribution is -0.122. The molecule has 1 N–H and O–H groups in total. The van der Waals surface area contributed by atoms with Crippen molar-refractivity contribution < 1.29 is 23.5 Å². The Labute approximate surface area is 190 Å². The highest BCUT2D eigenvalue weighted by molar-refractivity contribution is 6.23. The second-order valence-electron chi connectivity index (χ2n) is 7.54. The van der Waals surface area contributed by atoms with Crippen molar-refractivity contribution in [3.8, 4) is 5.75 Å². The SMILES string of the molecule is COc1ccc(NC(=O)N(Cc2ccc(F)cc2)[C@H]2CC(=O)N(c3ccccc3)C2=O)cc1. The first-order valence-electron chi connectivity index (χ1n) is 10.3. The topological polar surface area (TPSA) is 79.0 Å². The zero-order chi connectivity index (χ0) is 23.4. The molecular weight excluding hydrogens is 425 g/mol. The fourth-order valence-electron chi connectivity index (χ4n) is 3.69. The molecule has 3 aromatic carbocycles. The third-order valence-corrected chi connectivity index (χ3v) is 5.38. The summed E-state index contributed by atoms with van der Waals surface area (Å²) in [5.41, 5.74) is 1.58. The highest BCUT2D eigenvalue weighted by Crippen LogP contribution is 2.27. The molecule has 0 radical (unpaired) electrons. The van der Waals surface area contributed by atoms with Gasteiger partial charge in [-0.3, -0.25) is 9.59 Å². The largest absolute Gasteiger partial charge is 0.497 e. The number of methoxy groups -OCH3 is 1. The Bertz CT molecular complexity index is 1150. The van der Waals surface area contributed by atoms with E-state index in [9.17, 15) is 18.8 Å². The van der Waals surface area contributed by atoms with Crippen LogP contribution in [0.2, 0.25) is 0 Å². The molecule has 7 nitrogen and oxygen atoms in total. The number of halogens is 1. The minimum Gasteiger partial charge on any atom is -0.497 e. The summed E-state index contributed by atoms with van der Waals surface area (Å²) < 4.78 is 18.5. The van der Waals surface area contributed by atoms with Crippen molar-refractivity contribution in [2.24, 2.45) is 0 Å². The highest BCUT2D eigenvalue weighted by atomic mass is 19.1. The number of carbonyl (C=O) groups excluding carboxylic acids is 3. The van der Waals surface area contributed by atoms with E-state index < -0.39 is 29.7 Å². The van der Waals surface area contributed by atoms with Crippen LogP contribution < -0.4 is 15.0 Å².